The standard InChI is InChI=1S/C15H25N3O2S/c1-12(16)13-6-8-15(9-7-13)21(19,20)18(3)14-5-4-10-17(2)11-14/h6-9,12,14H,4-5,10-11,16H2,1-3H3. The topological polar surface area (TPSA) is 66.6 Å². The molecule has 0 amide bonds. The van der Waals surface area contributed by atoms with Gasteiger partial charge in [-0.15, -0.1) is 0 Å². The average molecular weight is 311 g/mol. The number of rotatable bonds is 4. The first-order valence-electron chi connectivity index (χ1n) is 7.34. The Hall–Kier alpha value is -0.950. The van der Waals surface area contributed by atoms with Gasteiger partial charge in [-0.1, -0.05) is 12.1 Å². The molecule has 0 radical (unpaired) electrons. The highest BCUT2D eigenvalue weighted by atomic mass is 32.2. The molecule has 1 saturated heterocycles. The molecule has 2 atom stereocenters. The van der Waals surface area contributed by atoms with Crippen molar-refractivity contribution in [1.82, 2.24) is 9.21 Å². The number of piperidine rings is 1. The lowest BCUT2D eigenvalue weighted by molar-refractivity contribution is 0.187. The summed E-state index contributed by atoms with van der Waals surface area (Å²) in [6.45, 7) is 3.70. The summed E-state index contributed by atoms with van der Waals surface area (Å²) in [4.78, 5) is 2.52. The normalized spacial score (nSPS) is 22.4. The predicted molar refractivity (Wildman–Crippen MR) is 84.5 cm³/mol. The molecule has 2 unspecified atom stereocenters. The second-order valence-electron chi connectivity index (χ2n) is 5.94. The van der Waals surface area contributed by atoms with Crippen molar-refractivity contribution in [1.29, 1.82) is 0 Å². The molecule has 5 nitrogen and oxygen atoms in total. The van der Waals surface area contributed by atoms with Gasteiger partial charge >= 0.3 is 0 Å². The summed E-state index contributed by atoms with van der Waals surface area (Å²) < 4.78 is 26.9. The smallest absolute Gasteiger partial charge is 0.243 e. The first kappa shape index (κ1) is 16.4. The number of likely N-dealkylation sites (tertiary alicyclic amines) is 1. The number of likely N-dealkylation sites (N-methyl/N-ethyl adjacent to an activating group) is 2. The summed E-state index contributed by atoms with van der Waals surface area (Å²) in [6.07, 6.45) is 1.95. The van der Waals surface area contributed by atoms with Gasteiger partial charge in [-0.3, -0.25) is 0 Å². The average Bonchev–Trinajstić information content (AvgIpc) is 2.46. The van der Waals surface area contributed by atoms with Gasteiger partial charge in [-0.25, -0.2) is 8.42 Å². The quantitative estimate of drug-likeness (QED) is 0.913. The molecule has 1 heterocycles. The summed E-state index contributed by atoms with van der Waals surface area (Å²) in [5.41, 5.74) is 6.74. The lowest BCUT2D eigenvalue weighted by atomic mass is 10.1. The molecule has 1 aliphatic heterocycles. The van der Waals surface area contributed by atoms with E-state index in [1.165, 1.54) is 4.31 Å². The molecule has 118 valence electrons. The van der Waals surface area contributed by atoms with Gasteiger partial charge in [0, 0.05) is 25.7 Å². The van der Waals surface area contributed by atoms with E-state index in [9.17, 15) is 8.42 Å². The van der Waals surface area contributed by atoms with Crippen LogP contribution in [0.2, 0.25) is 0 Å². The monoisotopic (exact) mass is 311 g/mol. The molecule has 0 bridgehead atoms. The molecule has 2 rings (SSSR count). The van der Waals surface area contributed by atoms with E-state index in [1.807, 2.05) is 14.0 Å². The zero-order chi connectivity index (χ0) is 15.6. The van der Waals surface area contributed by atoms with Crippen LogP contribution in [0.3, 0.4) is 0 Å². The zero-order valence-corrected chi connectivity index (χ0v) is 13.8. The minimum absolute atomic E-state index is 0.0434. The lowest BCUT2D eigenvalue weighted by Gasteiger charge is -2.35. The fourth-order valence-electron chi connectivity index (χ4n) is 2.74. The Balaban J connectivity index is 2.20. The third kappa shape index (κ3) is 3.63. The molecular weight excluding hydrogens is 286 g/mol. The molecule has 1 fully saturated rings. The van der Waals surface area contributed by atoms with Crippen molar-refractivity contribution in [3.05, 3.63) is 29.8 Å². The van der Waals surface area contributed by atoms with Crippen LogP contribution in [0.4, 0.5) is 0 Å². The molecule has 0 aliphatic carbocycles. The summed E-state index contributed by atoms with van der Waals surface area (Å²) in [5, 5.41) is 0. The highest BCUT2D eigenvalue weighted by molar-refractivity contribution is 7.89. The van der Waals surface area contributed by atoms with Crippen LogP contribution in [0.25, 0.3) is 0 Å². The fourth-order valence-corrected chi connectivity index (χ4v) is 4.12. The van der Waals surface area contributed by atoms with E-state index in [1.54, 1.807) is 31.3 Å². The van der Waals surface area contributed by atoms with Crippen LogP contribution in [0.1, 0.15) is 31.4 Å². The van der Waals surface area contributed by atoms with E-state index in [4.69, 9.17) is 5.73 Å². The maximum absolute atomic E-state index is 12.7. The molecule has 21 heavy (non-hydrogen) atoms. The SMILES string of the molecule is CC(N)c1ccc(S(=O)(=O)N(C)C2CCCN(C)C2)cc1. The third-order valence-electron chi connectivity index (χ3n) is 4.20. The number of hydrogen-bond acceptors (Lipinski definition) is 4. The van der Waals surface area contributed by atoms with E-state index in [-0.39, 0.29) is 12.1 Å². The minimum Gasteiger partial charge on any atom is -0.324 e. The van der Waals surface area contributed by atoms with Crippen molar-refractivity contribution in [2.75, 3.05) is 27.2 Å². The Kier molecular flexibility index (Phi) is 5.03. The van der Waals surface area contributed by atoms with Crippen LogP contribution in [0.15, 0.2) is 29.2 Å². The van der Waals surface area contributed by atoms with Gasteiger partial charge in [0.15, 0.2) is 0 Å². The van der Waals surface area contributed by atoms with Crippen molar-refractivity contribution in [3.63, 3.8) is 0 Å². The largest absolute Gasteiger partial charge is 0.324 e. The van der Waals surface area contributed by atoms with Crippen molar-refractivity contribution >= 4 is 10.0 Å². The molecule has 1 aliphatic rings. The van der Waals surface area contributed by atoms with Crippen LogP contribution < -0.4 is 5.73 Å². The van der Waals surface area contributed by atoms with Crippen molar-refractivity contribution in [2.45, 2.75) is 36.7 Å². The number of nitrogens with two attached hydrogens (primary N) is 1. The maximum atomic E-state index is 12.7. The fraction of sp³-hybridized carbons (Fsp3) is 0.600. The molecule has 0 saturated carbocycles. The minimum atomic E-state index is -3.44. The van der Waals surface area contributed by atoms with Crippen molar-refractivity contribution in [3.8, 4) is 0 Å². The van der Waals surface area contributed by atoms with E-state index in [0.29, 0.717) is 4.90 Å². The number of sulfonamides is 1. The summed E-state index contributed by atoms with van der Waals surface area (Å²) >= 11 is 0. The molecule has 1 aromatic rings. The van der Waals surface area contributed by atoms with Gasteiger partial charge in [0.05, 0.1) is 4.90 Å². The van der Waals surface area contributed by atoms with Crippen LogP contribution >= 0.6 is 0 Å². The van der Waals surface area contributed by atoms with Crippen LogP contribution in [-0.4, -0.2) is 50.8 Å². The zero-order valence-electron chi connectivity index (χ0n) is 13.0. The molecular formula is C15H25N3O2S. The Morgan fingerprint density at radius 3 is 2.48 bits per heavy atom. The Morgan fingerprint density at radius 2 is 1.95 bits per heavy atom. The second kappa shape index (κ2) is 6.44. The Labute approximate surface area is 127 Å². The van der Waals surface area contributed by atoms with E-state index < -0.39 is 10.0 Å². The van der Waals surface area contributed by atoms with Gasteiger partial charge in [0.1, 0.15) is 0 Å². The van der Waals surface area contributed by atoms with Crippen molar-refractivity contribution < 1.29 is 8.42 Å². The first-order chi connectivity index (χ1) is 9.82. The summed E-state index contributed by atoms with van der Waals surface area (Å²) in [5.74, 6) is 0. The number of nitrogens with zero attached hydrogens (tertiary/aromatic N) is 2. The number of benzene rings is 1. The number of hydrogen-bond donors (Lipinski definition) is 1. The lowest BCUT2D eigenvalue weighted by Crippen LogP contribution is -2.47. The highest BCUT2D eigenvalue weighted by Gasteiger charge is 2.30. The Morgan fingerprint density at radius 1 is 1.33 bits per heavy atom. The van der Waals surface area contributed by atoms with Gasteiger partial charge < -0.3 is 10.6 Å². The first-order valence-corrected chi connectivity index (χ1v) is 8.78. The molecule has 6 heteroatoms. The molecule has 2 N–H and O–H groups in total. The van der Waals surface area contributed by atoms with E-state index in [2.05, 4.69) is 4.90 Å². The maximum Gasteiger partial charge on any atom is 0.243 e. The van der Waals surface area contributed by atoms with Crippen LogP contribution in [-0.2, 0) is 10.0 Å². The van der Waals surface area contributed by atoms with Gasteiger partial charge in [-0.2, -0.15) is 4.31 Å². The van der Waals surface area contributed by atoms with Gasteiger partial charge in [-0.05, 0) is 51.1 Å². The highest BCUT2D eigenvalue weighted by Crippen LogP contribution is 2.22. The van der Waals surface area contributed by atoms with Gasteiger partial charge in [0.2, 0.25) is 10.0 Å². The van der Waals surface area contributed by atoms with Crippen molar-refractivity contribution in [2.24, 2.45) is 5.73 Å². The summed E-state index contributed by atoms with van der Waals surface area (Å²) in [6, 6.07) is 6.83. The van der Waals surface area contributed by atoms with Crippen LogP contribution in [0, 0.1) is 0 Å². The van der Waals surface area contributed by atoms with E-state index in [0.717, 1.165) is 31.5 Å². The molecule has 1 aromatic carbocycles. The van der Waals surface area contributed by atoms with Gasteiger partial charge in [0.25, 0.3) is 0 Å². The van der Waals surface area contributed by atoms with Crippen LogP contribution in [0.5, 0.6) is 0 Å². The Bertz CT molecular complexity index is 569. The second-order valence-corrected chi connectivity index (χ2v) is 7.93. The molecule has 0 aromatic heterocycles. The third-order valence-corrected chi connectivity index (χ3v) is 6.12. The summed E-state index contributed by atoms with van der Waals surface area (Å²) in [7, 11) is 0.272. The van der Waals surface area contributed by atoms with E-state index >= 15 is 0 Å². The predicted octanol–water partition coefficient (Wildman–Crippen LogP) is 1.42. The molecule has 0 spiro atoms.